The molecule has 31 heavy (non-hydrogen) atoms. The molecule has 1 aliphatic carbocycles. The van der Waals surface area contributed by atoms with Gasteiger partial charge in [-0.3, -0.25) is 14.4 Å². The number of hydrogen-bond donors (Lipinski definition) is 4. The van der Waals surface area contributed by atoms with Crippen LogP contribution in [0.2, 0.25) is 5.02 Å². The monoisotopic (exact) mass is 446 g/mol. The van der Waals surface area contributed by atoms with Crippen LogP contribution in [0.4, 0.5) is 5.69 Å². The van der Waals surface area contributed by atoms with Gasteiger partial charge in [0.05, 0.1) is 10.6 Å². The smallest absolute Gasteiger partial charge is 0.312 e. The van der Waals surface area contributed by atoms with E-state index in [1.54, 1.807) is 13.0 Å². The minimum atomic E-state index is -1.24. The van der Waals surface area contributed by atoms with E-state index in [1.165, 1.54) is 30.7 Å². The van der Waals surface area contributed by atoms with Gasteiger partial charge in [-0.2, -0.15) is 0 Å². The van der Waals surface area contributed by atoms with Gasteiger partial charge in [-0.25, -0.2) is 0 Å². The van der Waals surface area contributed by atoms with Crippen LogP contribution in [0.25, 0.3) is 0 Å². The predicted octanol–water partition coefficient (Wildman–Crippen LogP) is 4.09. The summed E-state index contributed by atoms with van der Waals surface area (Å²) < 4.78 is 5.84. The summed E-state index contributed by atoms with van der Waals surface area (Å²) in [7, 11) is 0. The number of carboxylic acids is 1. The fourth-order valence-electron chi connectivity index (χ4n) is 3.18. The molecule has 9 heteroatoms. The zero-order valence-electron chi connectivity index (χ0n) is 16.9. The van der Waals surface area contributed by atoms with E-state index in [-0.39, 0.29) is 22.2 Å². The zero-order chi connectivity index (χ0) is 22.5. The van der Waals surface area contributed by atoms with E-state index >= 15 is 0 Å². The molecule has 0 heterocycles. The number of phenolic OH excluding ortho intramolecular Hbond substituents is 1. The van der Waals surface area contributed by atoms with Gasteiger partial charge in [0.2, 0.25) is 5.91 Å². The first-order valence-corrected chi connectivity index (χ1v) is 10.2. The van der Waals surface area contributed by atoms with Gasteiger partial charge < -0.3 is 25.6 Å². The summed E-state index contributed by atoms with van der Waals surface area (Å²) in [4.78, 5) is 34.7. The minimum Gasteiger partial charge on any atom is -0.507 e. The highest BCUT2D eigenvalue weighted by Gasteiger charge is 2.20. The molecular formula is C22H23ClN2O6. The van der Waals surface area contributed by atoms with Gasteiger partial charge >= 0.3 is 5.97 Å². The summed E-state index contributed by atoms with van der Waals surface area (Å²) in [6.45, 7) is 2.28. The fraction of sp³-hybridized carbons (Fsp3) is 0.318. The highest BCUT2D eigenvalue weighted by atomic mass is 35.5. The van der Waals surface area contributed by atoms with Crippen molar-refractivity contribution in [3.63, 3.8) is 0 Å². The van der Waals surface area contributed by atoms with Crippen molar-refractivity contribution in [1.29, 1.82) is 0 Å². The van der Waals surface area contributed by atoms with Gasteiger partial charge in [-0.1, -0.05) is 18.0 Å². The molecule has 0 radical (unpaired) electrons. The van der Waals surface area contributed by atoms with Crippen molar-refractivity contribution in [2.24, 2.45) is 5.92 Å². The Hall–Kier alpha value is -3.26. The second kappa shape index (κ2) is 9.70. The van der Waals surface area contributed by atoms with Gasteiger partial charge in [-0.05, 0) is 61.6 Å². The molecule has 0 atom stereocenters. The SMILES string of the molecule is Cc1cc(NC(=O)CC(=O)O)cc(Cl)c1Oc1ccc(O)c(C(=O)NCC2CCC2)c1. The van der Waals surface area contributed by atoms with Crippen LogP contribution < -0.4 is 15.4 Å². The van der Waals surface area contributed by atoms with E-state index in [0.717, 1.165) is 12.8 Å². The maximum Gasteiger partial charge on any atom is 0.312 e. The number of hydrogen-bond acceptors (Lipinski definition) is 5. The molecule has 2 amide bonds. The second-order valence-corrected chi connectivity index (χ2v) is 7.92. The third-order valence-corrected chi connectivity index (χ3v) is 5.31. The molecule has 0 saturated heterocycles. The summed E-state index contributed by atoms with van der Waals surface area (Å²) in [6, 6.07) is 7.35. The Kier molecular flexibility index (Phi) is 7.02. The van der Waals surface area contributed by atoms with Crippen molar-refractivity contribution in [2.45, 2.75) is 32.6 Å². The van der Waals surface area contributed by atoms with Crippen LogP contribution in [-0.4, -0.2) is 34.5 Å². The number of benzene rings is 2. The number of anilines is 1. The molecule has 164 valence electrons. The number of amides is 2. The van der Waals surface area contributed by atoms with Crippen molar-refractivity contribution in [1.82, 2.24) is 5.32 Å². The predicted molar refractivity (Wildman–Crippen MR) is 115 cm³/mol. The number of rotatable bonds is 8. The molecule has 4 N–H and O–H groups in total. The molecule has 0 spiro atoms. The molecule has 0 aliphatic heterocycles. The van der Waals surface area contributed by atoms with E-state index in [4.69, 9.17) is 21.4 Å². The van der Waals surface area contributed by atoms with Crippen LogP contribution in [0.1, 0.15) is 41.6 Å². The van der Waals surface area contributed by atoms with Gasteiger partial charge in [-0.15, -0.1) is 0 Å². The number of halogens is 1. The third-order valence-electron chi connectivity index (χ3n) is 5.03. The molecule has 8 nitrogen and oxygen atoms in total. The quantitative estimate of drug-likeness (QED) is 0.452. The van der Waals surface area contributed by atoms with Crippen LogP contribution in [-0.2, 0) is 9.59 Å². The summed E-state index contributed by atoms with van der Waals surface area (Å²) in [5.74, 6) is -1.34. The minimum absolute atomic E-state index is 0.100. The number of aliphatic carboxylic acids is 1. The average Bonchev–Trinajstić information content (AvgIpc) is 2.63. The zero-order valence-corrected chi connectivity index (χ0v) is 17.7. The molecule has 1 fully saturated rings. The highest BCUT2D eigenvalue weighted by molar-refractivity contribution is 6.32. The van der Waals surface area contributed by atoms with E-state index in [1.807, 2.05) is 0 Å². The molecule has 2 aromatic rings. The van der Waals surface area contributed by atoms with E-state index in [0.29, 0.717) is 35.2 Å². The Bertz CT molecular complexity index is 996. The number of aromatic hydroxyl groups is 1. The molecule has 1 saturated carbocycles. The molecule has 0 bridgehead atoms. The maximum atomic E-state index is 12.4. The number of carboxylic acid groups (broad SMARTS) is 1. The second-order valence-electron chi connectivity index (χ2n) is 7.51. The Balaban J connectivity index is 1.73. The summed E-state index contributed by atoms with van der Waals surface area (Å²) in [5, 5.41) is 24.2. The number of nitrogens with one attached hydrogen (secondary N) is 2. The van der Waals surface area contributed by atoms with Crippen LogP contribution in [0.15, 0.2) is 30.3 Å². The lowest BCUT2D eigenvalue weighted by molar-refractivity contribution is -0.139. The number of ether oxygens (including phenoxy) is 1. The first kappa shape index (κ1) is 22.4. The molecule has 2 aromatic carbocycles. The van der Waals surface area contributed by atoms with Crippen LogP contribution >= 0.6 is 11.6 Å². The highest BCUT2D eigenvalue weighted by Crippen LogP contribution is 2.36. The van der Waals surface area contributed by atoms with Crippen molar-refractivity contribution >= 4 is 35.1 Å². The van der Waals surface area contributed by atoms with Crippen molar-refractivity contribution in [2.75, 3.05) is 11.9 Å². The fourth-order valence-corrected chi connectivity index (χ4v) is 3.49. The van der Waals surface area contributed by atoms with Crippen molar-refractivity contribution in [3.05, 3.63) is 46.5 Å². The molecule has 0 unspecified atom stereocenters. The summed E-state index contributed by atoms with van der Waals surface area (Å²) in [5.41, 5.74) is 1.02. The number of carbonyl (C=O) groups excluding carboxylic acids is 2. The van der Waals surface area contributed by atoms with E-state index in [9.17, 15) is 19.5 Å². The Labute approximate surface area is 184 Å². The van der Waals surface area contributed by atoms with E-state index in [2.05, 4.69) is 10.6 Å². The van der Waals surface area contributed by atoms with E-state index < -0.39 is 18.3 Å². The largest absolute Gasteiger partial charge is 0.507 e. The number of carbonyl (C=O) groups is 3. The van der Waals surface area contributed by atoms with Crippen LogP contribution in [0.5, 0.6) is 17.2 Å². The summed E-state index contributed by atoms with van der Waals surface area (Å²) >= 11 is 6.29. The average molecular weight is 447 g/mol. The van der Waals surface area contributed by atoms with Gasteiger partial charge in [0.1, 0.15) is 23.7 Å². The Morgan fingerprint density at radius 1 is 1.19 bits per heavy atom. The normalized spacial score (nSPS) is 13.2. The first-order valence-electron chi connectivity index (χ1n) is 9.83. The molecule has 3 rings (SSSR count). The van der Waals surface area contributed by atoms with Crippen molar-refractivity contribution in [3.8, 4) is 17.2 Å². The Morgan fingerprint density at radius 2 is 1.94 bits per heavy atom. The Morgan fingerprint density at radius 3 is 2.55 bits per heavy atom. The van der Waals surface area contributed by atoms with Crippen LogP contribution in [0, 0.1) is 12.8 Å². The van der Waals surface area contributed by atoms with Gasteiger partial charge in [0, 0.05) is 12.2 Å². The molecule has 1 aliphatic rings. The van der Waals surface area contributed by atoms with Crippen molar-refractivity contribution < 1.29 is 29.3 Å². The molecule has 0 aromatic heterocycles. The van der Waals surface area contributed by atoms with Gasteiger partial charge in [0.15, 0.2) is 0 Å². The lowest BCUT2D eigenvalue weighted by Gasteiger charge is -2.25. The number of aryl methyl sites for hydroxylation is 1. The number of phenols is 1. The standard InChI is InChI=1S/C22H23ClN2O6/c1-12-7-14(25-19(27)10-20(28)29)8-17(23)21(12)31-15-5-6-18(26)16(9-15)22(30)24-11-13-3-2-4-13/h5-9,13,26H,2-4,10-11H2,1H3,(H,24,30)(H,25,27)(H,28,29). The third kappa shape index (κ3) is 5.88. The van der Waals surface area contributed by atoms with Gasteiger partial charge in [0.25, 0.3) is 5.91 Å². The summed E-state index contributed by atoms with van der Waals surface area (Å²) in [6.07, 6.45) is 2.71. The lowest BCUT2D eigenvalue weighted by Crippen LogP contribution is -2.32. The lowest BCUT2D eigenvalue weighted by atomic mass is 9.85. The van der Waals surface area contributed by atoms with Crippen LogP contribution in [0.3, 0.4) is 0 Å². The topological polar surface area (TPSA) is 125 Å². The maximum absolute atomic E-state index is 12.4. The first-order chi connectivity index (χ1) is 14.7. The molecular weight excluding hydrogens is 424 g/mol.